The Morgan fingerprint density at radius 1 is 1.40 bits per heavy atom. The molecule has 0 saturated heterocycles. The van der Waals surface area contributed by atoms with Crippen molar-refractivity contribution in [2.75, 3.05) is 0 Å². The molecule has 0 radical (unpaired) electrons. The summed E-state index contributed by atoms with van der Waals surface area (Å²) in [6.07, 6.45) is 2.61. The standard InChI is InChI=1S/C12H15BrO2/c1-12(2,14)10-7-8(13)3-6-11(10)15-9-4-5-9/h3,6-7,9,14H,4-5H2,1-2H3. The lowest BCUT2D eigenvalue weighted by Gasteiger charge is -2.22. The average Bonchev–Trinajstić information content (AvgIpc) is 2.90. The van der Waals surface area contributed by atoms with E-state index in [0.717, 1.165) is 28.6 Å². The molecular weight excluding hydrogens is 256 g/mol. The number of hydrogen-bond acceptors (Lipinski definition) is 2. The molecule has 2 rings (SSSR count). The molecule has 1 fully saturated rings. The number of aliphatic hydroxyl groups is 1. The van der Waals surface area contributed by atoms with Gasteiger partial charge in [0.05, 0.1) is 11.7 Å². The van der Waals surface area contributed by atoms with Gasteiger partial charge >= 0.3 is 0 Å². The lowest BCUT2D eigenvalue weighted by atomic mass is 9.97. The molecule has 0 aliphatic heterocycles. The number of benzene rings is 1. The maximum atomic E-state index is 10.0. The minimum absolute atomic E-state index is 0.354. The van der Waals surface area contributed by atoms with E-state index in [4.69, 9.17) is 4.74 Å². The first kappa shape index (κ1) is 11.0. The number of halogens is 1. The summed E-state index contributed by atoms with van der Waals surface area (Å²) in [5.41, 5.74) is -0.0302. The molecule has 0 spiro atoms. The molecule has 1 saturated carbocycles. The van der Waals surface area contributed by atoms with Crippen LogP contribution in [-0.4, -0.2) is 11.2 Å². The van der Waals surface area contributed by atoms with Crippen LogP contribution in [0.2, 0.25) is 0 Å². The molecule has 0 atom stereocenters. The van der Waals surface area contributed by atoms with E-state index in [9.17, 15) is 5.11 Å². The highest BCUT2D eigenvalue weighted by atomic mass is 79.9. The second-order valence-electron chi connectivity index (χ2n) is 4.52. The van der Waals surface area contributed by atoms with Crippen LogP contribution >= 0.6 is 15.9 Å². The van der Waals surface area contributed by atoms with Crippen LogP contribution in [0.15, 0.2) is 22.7 Å². The molecule has 82 valence electrons. The van der Waals surface area contributed by atoms with Crippen molar-refractivity contribution in [1.29, 1.82) is 0 Å². The normalized spacial score (nSPS) is 16.5. The predicted octanol–water partition coefficient (Wildman–Crippen LogP) is 3.22. The average molecular weight is 271 g/mol. The molecule has 1 aromatic rings. The van der Waals surface area contributed by atoms with E-state index in [1.165, 1.54) is 0 Å². The second-order valence-corrected chi connectivity index (χ2v) is 5.43. The van der Waals surface area contributed by atoms with Crippen molar-refractivity contribution >= 4 is 15.9 Å². The molecule has 3 heteroatoms. The second kappa shape index (κ2) is 3.80. The molecule has 0 amide bonds. The van der Waals surface area contributed by atoms with Crippen molar-refractivity contribution in [3.05, 3.63) is 28.2 Å². The van der Waals surface area contributed by atoms with Crippen LogP contribution in [0.3, 0.4) is 0 Å². The van der Waals surface area contributed by atoms with Gasteiger partial charge in [-0.25, -0.2) is 0 Å². The van der Waals surface area contributed by atoms with Crippen LogP contribution in [0.25, 0.3) is 0 Å². The Hall–Kier alpha value is -0.540. The van der Waals surface area contributed by atoms with Gasteiger partial charge in [0.1, 0.15) is 5.75 Å². The zero-order valence-corrected chi connectivity index (χ0v) is 10.5. The highest BCUT2D eigenvalue weighted by molar-refractivity contribution is 9.10. The van der Waals surface area contributed by atoms with Gasteiger partial charge in [0.25, 0.3) is 0 Å². The Bertz CT molecular complexity index is 364. The van der Waals surface area contributed by atoms with Gasteiger partial charge in [0, 0.05) is 10.0 Å². The third kappa shape index (κ3) is 2.73. The van der Waals surface area contributed by atoms with Crippen LogP contribution in [0, 0.1) is 0 Å². The molecule has 2 nitrogen and oxygen atoms in total. The largest absolute Gasteiger partial charge is 0.490 e. The van der Waals surface area contributed by atoms with Gasteiger partial charge in [-0.3, -0.25) is 0 Å². The fraction of sp³-hybridized carbons (Fsp3) is 0.500. The highest BCUT2D eigenvalue weighted by Crippen LogP contribution is 2.35. The maximum absolute atomic E-state index is 10.0. The third-order valence-electron chi connectivity index (χ3n) is 2.42. The summed E-state index contributed by atoms with van der Waals surface area (Å²) in [6.45, 7) is 3.54. The van der Waals surface area contributed by atoms with Crippen molar-refractivity contribution in [3.63, 3.8) is 0 Å². The van der Waals surface area contributed by atoms with Crippen LogP contribution < -0.4 is 4.74 Å². The van der Waals surface area contributed by atoms with E-state index in [1.54, 1.807) is 13.8 Å². The zero-order chi connectivity index (χ0) is 11.1. The summed E-state index contributed by atoms with van der Waals surface area (Å²) in [5.74, 6) is 0.799. The topological polar surface area (TPSA) is 29.5 Å². The molecule has 0 heterocycles. The summed E-state index contributed by atoms with van der Waals surface area (Å²) in [5, 5.41) is 10.0. The molecule has 1 aromatic carbocycles. The predicted molar refractivity (Wildman–Crippen MR) is 63.0 cm³/mol. The quantitative estimate of drug-likeness (QED) is 0.914. The minimum atomic E-state index is -0.867. The van der Waals surface area contributed by atoms with Crippen molar-refractivity contribution in [2.24, 2.45) is 0 Å². The fourth-order valence-electron chi connectivity index (χ4n) is 1.45. The summed E-state index contributed by atoms with van der Waals surface area (Å²) in [6, 6.07) is 5.76. The first-order chi connectivity index (χ1) is 6.97. The summed E-state index contributed by atoms with van der Waals surface area (Å²) in [4.78, 5) is 0. The number of hydrogen-bond donors (Lipinski definition) is 1. The van der Waals surface area contributed by atoms with E-state index in [-0.39, 0.29) is 0 Å². The lowest BCUT2D eigenvalue weighted by molar-refractivity contribution is 0.0743. The SMILES string of the molecule is CC(C)(O)c1cc(Br)ccc1OC1CC1. The monoisotopic (exact) mass is 270 g/mol. The minimum Gasteiger partial charge on any atom is -0.490 e. The summed E-state index contributed by atoms with van der Waals surface area (Å²) in [7, 11) is 0. The Morgan fingerprint density at radius 3 is 2.60 bits per heavy atom. The van der Waals surface area contributed by atoms with Crippen molar-refractivity contribution in [3.8, 4) is 5.75 Å². The van der Waals surface area contributed by atoms with E-state index < -0.39 is 5.60 Å². The van der Waals surface area contributed by atoms with Gasteiger partial charge < -0.3 is 9.84 Å². The number of ether oxygens (including phenoxy) is 1. The van der Waals surface area contributed by atoms with Gasteiger partial charge in [-0.15, -0.1) is 0 Å². The molecular formula is C12H15BrO2. The van der Waals surface area contributed by atoms with Gasteiger partial charge in [-0.05, 0) is 44.9 Å². The van der Waals surface area contributed by atoms with E-state index in [0.29, 0.717) is 6.10 Å². The van der Waals surface area contributed by atoms with Crippen LogP contribution in [0.4, 0.5) is 0 Å². The van der Waals surface area contributed by atoms with Gasteiger partial charge in [0.15, 0.2) is 0 Å². The molecule has 1 aliphatic rings. The Balaban J connectivity index is 2.34. The van der Waals surface area contributed by atoms with Crippen molar-refractivity contribution < 1.29 is 9.84 Å². The highest BCUT2D eigenvalue weighted by Gasteiger charge is 2.27. The molecule has 15 heavy (non-hydrogen) atoms. The van der Waals surface area contributed by atoms with Crippen molar-refractivity contribution in [1.82, 2.24) is 0 Å². The lowest BCUT2D eigenvalue weighted by Crippen LogP contribution is -2.17. The fourth-order valence-corrected chi connectivity index (χ4v) is 1.81. The maximum Gasteiger partial charge on any atom is 0.125 e. The van der Waals surface area contributed by atoms with Gasteiger partial charge in [-0.2, -0.15) is 0 Å². The Labute approximate surface area is 98.4 Å². The molecule has 0 unspecified atom stereocenters. The van der Waals surface area contributed by atoms with E-state index >= 15 is 0 Å². The Morgan fingerprint density at radius 2 is 2.07 bits per heavy atom. The van der Waals surface area contributed by atoms with Gasteiger partial charge in [-0.1, -0.05) is 15.9 Å². The zero-order valence-electron chi connectivity index (χ0n) is 8.96. The van der Waals surface area contributed by atoms with Gasteiger partial charge in [0.2, 0.25) is 0 Å². The molecule has 1 N–H and O–H groups in total. The van der Waals surface area contributed by atoms with E-state index in [2.05, 4.69) is 15.9 Å². The Kier molecular flexibility index (Phi) is 2.77. The van der Waals surface area contributed by atoms with Crippen LogP contribution in [0.1, 0.15) is 32.3 Å². The summed E-state index contributed by atoms with van der Waals surface area (Å²) < 4.78 is 6.72. The molecule has 1 aliphatic carbocycles. The van der Waals surface area contributed by atoms with Crippen LogP contribution in [-0.2, 0) is 5.60 Å². The number of rotatable bonds is 3. The first-order valence-electron chi connectivity index (χ1n) is 5.16. The van der Waals surface area contributed by atoms with Crippen molar-refractivity contribution in [2.45, 2.75) is 38.4 Å². The molecule has 0 bridgehead atoms. The first-order valence-corrected chi connectivity index (χ1v) is 5.95. The third-order valence-corrected chi connectivity index (χ3v) is 2.91. The smallest absolute Gasteiger partial charge is 0.125 e. The van der Waals surface area contributed by atoms with E-state index in [1.807, 2.05) is 18.2 Å². The van der Waals surface area contributed by atoms with Crippen LogP contribution in [0.5, 0.6) is 5.75 Å². The molecule has 0 aromatic heterocycles. The summed E-state index contributed by atoms with van der Waals surface area (Å²) >= 11 is 3.40.